The third-order valence-corrected chi connectivity index (χ3v) is 11.3. The van der Waals surface area contributed by atoms with E-state index in [0.29, 0.717) is 55.7 Å². The summed E-state index contributed by atoms with van der Waals surface area (Å²) in [5.74, 6) is -1.41. The third-order valence-electron chi connectivity index (χ3n) is 10.3. The van der Waals surface area contributed by atoms with Crippen LogP contribution in [0.4, 0.5) is 5.69 Å². The molecule has 0 unspecified atom stereocenters. The zero-order valence-electron chi connectivity index (χ0n) is 28.6. The number of carboxylic acid groups (broad SMARTS) is 1. The Kier molecular flexibility index (Phi) is 9.72. The highest BCUT2D eigenvalue weighted by molar-refractivity contribution is 7.13. The number of nitrogens with one attached hydrogen (secondary N) is 1. The number of nitrogens with two attached hydrogens (primary N) is 1. The molecule has 2 aromatic carbocycles. The second-order valence-electron chi connectivity index (χ2n) is 13.5. The number of benzene rings is 2. The molecule has 2 saturated heterocycles. The maximum atomic E-state index is 14.3. The number of carboxylic acids is 1. The van der Waals surface area contributed by atoms with Crippen molar-refractivity contribution in [1.82, 2.24) is 14.8 Å². The summed E-state index contributed by atoms with van der Waals surface area (Å²) in [5.41, 5.74) is 11.8. The first-order valence-corrected chi connectivity index (χ1v) is 18.4. The normalized spacial score (nSPS) is 16.6. The number of anilines is 1. The van der Waals surface area contributed by atoms with Gasteiger partial charge in [0.25, 0.3) is 11.8 Å². The lowest BCUT2D eigenvalue weighted by Gasteiger charge is -2.40. The molecule has 11 heteroatoms. The standard InChI is InChI=1S/C39H43N5O5S/c1-23-18-25(22-40)19-24(2)34(23)42-37(45)30-20-31-33(49-16-10-26-11-17-50-36(26)31)21-29(30)28-6-7-32(41-35(28)39(47)48)38(46)44-14-8-27(9-15-44)43-12-4-3-5-13-43/h6-7,11,17-21,27H,3-5,8-10,12-16,22,40H2,1-2H3,(H,42,45)(H,47,48). The molecule has 4 aromatic rings. The zero-order valence-corrected chi connectivity index (χ0v) is 29.4. The van der Waals surface area contributed by atoms with Crippen molar-refractivity contribution < 1.29 is 24.2 Å². The van der Waals surface area contributed by atoms with Gasteiger partial charge in [-0.3, -0.25) is 9.59 Å². The molecule has 0 bridgehead atoms. The molecule has 2 aromatic heterocycles. The number of amides is 2. The van der Waals surface area contributed by atoms with Crippen LogP contribution >= 0.6 is 11.3 Å². The number of pyridine rings is 1. The molecule has 3 aliphatic heterocycles. The molecule has 0 spiro atoms. The first kappa shape index (κ1) is 33.9. The lowest BCUT2D eigenvalue weighted by molar-refractivity contribution is 0.0584. The number of rotatable bonds is 7. The average molecular weight is 694 g/mol. The van der Waals surface area contributed by atoms with E-state index in [0.717, 1.165) is 58.6 Å². The predicted octanol–water partition coefficient (Wildman–Crippen LogP) is 6.53. The SMILES string of the molecule is Cc1cc(CN)cc(C)c1NC(=O)c1cc2c(cc1-c1ccc(C(=O)N3CCC(N4CCCCC4)CC3)nc1C(=O)O)OCCc1ccsc1-2. The van der Waals surface area contributed by atoms with Gasteiger partial charge in [-0.05, 0) is 111 Å². The van der Waals surface area contributed by atoms with Crippen LogP contribution in [0, 0.1) is 13.8 Å². The average Bonchev–Trinajstić information content (AvgIpc) is 3.53. The molecule has 0 saturated carbocycles. The largest absolute Gasteiger partial charge is 0.493 e. The highest BCUT2D eigenvalue weighted by Gasteiger charge is 2.31. The van der Waals surface area contributed by atoms with Crippen LogP contribution in [0.2, 0.25) is 0 Å². The minimum Gasteiger partial charge on any atom is -0.493 e. The van der Waals surface area contributed by atoms with Gasteiger partial charge >= 0.3 is 5.97 Å². The van der Waals surface area contributed by atoms with Crippen LogP contribution < -0.4 is 15.8 Å². The van der Waals surface area contributed by atoms with Gasteiger partial charge in [-0.2, -0.15) is 0 Å². The number of aryl methyl sites for hydroxylation is 2. The fraction of sp³-hybridized carbons (Fsp3) is 0.385. The van der Waals surface area contributed by atoms with Crippen molar-refractivity contribution in [1.29, 1.82) is 0 Å². The van der Waals surface area contributed by atoms with Gasteiger partial charge in [0.2, 0.25) is 0 Å². The Morgan fingerprint density at radius 2 is 1.70 bits per heavy atom. The van der Waals surface area contributed by atoms with E-state index < -0.39 is 11.9 Å². The summed E-state index contributed by atoms with van der Waals surface area (Å²) in [5, 5.41) is 15.6. The van der Waals surface area contributed by atoms with Crippen LogP contribution in [0.25, 0.3) is 21.6 Å². The summed E-state index contributed by atoms with van der Waals surface area (Å²) in [7, 11) is 0. The molecule has 5 heterocycles. The van der Waals surface area contributed by atoms with E-state index in [-0.39, 0.29) is 28.4 Å². The van der Waals surface area contributed by atoms with Crippen LogP contribution in [0.5, 0.6) is 5.75 Å². The molecule has 4 N–H and O–H groups in total. The Hall–Kier alpha value is -4.58. The maximum absolute atomic E-state index is 14.3. The van der Waals surface area contributed by atoms with Crippen molar-refractivity contribution in [3.63, 3.8) is 0 Å². The fourth-order valence-corrected chi connectivity index (χ4v) is 8.69. The summed E-state index contributed by atoms with van der Waals surface area (Å²) in [6, 6.07) is 13.1. The van der Waals surface area contributed by atoms with Crippen LogP contribution in [0.15, 0.2) is 47.8 Å². The Morgan fingerprint density at radius 3 is 2.40 bits per heavy atom. The third kappa shape index (κ3) is 6.65. The molecule has 0 aliphatic carbocycles. The monoisotopic (exact) mass is 693 g/mol. The molecular formula is C39H43N5O5S. The van der Waals surface area contributed by atoms with Crippen molar-refractivity contribution in [2.24, 2.45) is 5.73 Å². The molecule has 2 fully saturated rings. The number of thiophene rings is 1. The van der Waals surface area contributed by atoms with Crippen LogP contribution in [0.1, 0.15) is 85.7 Å². The minimum absolute atomic E-state index is 0.0778. The molecule has 50 heavy (non-hydrogen) atoms. The Labute approximate surface area is 296 Å². The summed E-state index contributed by atoms with van der Waals surface area (Å²) < 4.78 is 6.19. The number of likely N-dealkylation sites (tertiary alicyclic amines) is 2. The molecule has 3 aliphatic rings. The number of carbonyl (C=O) groups is 3. The molecule has 0 radical (unpaired) electrons. The molecular weight excluding hydrogens is 651 g/mol. The van der Waals surface area contributed by atoms with E-state index in [1.165, 1.54) is 19.3 Å². The van der Waals surface area contributed by atoms with E-state index in [1.54, 1.807) is 40.5 Å². The van der Waals surface area contributed by atoms with Gasteiger partial charge in [0, 0.05) is 64.9 Å². The predicted molar refractivity (Wildman–Crippen MR) is 195 cm³/mol. The van der Waals surface area contributed by atoms with Crippen molar-refractivity contribution in [3.8, 4) is 27.3 Å². The summed E-state index contributed by atoms with van der Waals surface area (Å²) in [6.07, 6.45) is 6.23. The number of aromatic nitrogens is 1. The topological polar surface area (TPSA) is 138 Å². The Balaban J connectivity index is 1.25. The van der Waals surface area contributed by atoms with E-state index >= 15 is 0 Å². The number of carbonyl (C=O) groups excluding carboxylic acids is 2. The van der Waals surface area contributed by atoms with E-state index in [9.17, 15) is 19.5 Å². The lowest BCUT2D eigenvalue weighted by atomic mass is 9.93. The number of hydrogen-bond donors (Lipinski definition) is 3. The van der Waals surface area contributed by atoms with E-state index in [4.69, 9.17) is 10.5 Å². The van der Waals surface area contributed by atoms with Gasteiger partial charge in [-0.1, -0.05) is 18.6 Å². The molecule has 0 atom stereocenters. The van der Waals surface area contributed by atoms with Crippen LogP contribution in [-0.4, -0.2) is 76.5 Å². The highest BCUT2D eigenvalue weighted by Crippen LogP contribution is 2.43. The van der Waals surface area contributed by atoms with Crippen LogP contribution in [0.3, 0.4) is 0 Å². The number of ether oxygens (including phenoxy) is 1. The Morgan fingerprint density at radius 1 is 0.960 bits per heavy atom. The van der Waals surface area contributed by atoms with Gasteiger partial charge < -0.3 is 30.7 Å². The minimum atomic E-state index is -1.29. The van der Waals surface area contributed by atoms with Crippen molar-refractivity contribution >= 4 is 34.8 Å². The fourth-order valence-electron chi connectivity index (χ4n) is 7.71. The highest BCUT2D eigenvalue weighted by atomic mass is 32.1. The smallest absolute Gasteiger partial charge is 0.355 e. The molecule has 260 valence electrons. The van der Waals surface area contributed by atoms with Crippen molar-refractivity contribution in [2.45, 2.75) is 65.0 Å². The molecule has 7 rings (SSSR count). The molecule has 2 amide bonds. The first-order valence-electron chi connectivity index (χ1n) is 17.5. The summed E-state index contributed by atoms with van der Waals surface area (Å²) >= 11 is 1.58. The van der Waals surface area contributed by atoms with Crippen LogP contribution in [-0.2, 0) is 13.0 Å². The number of fused-ring (bicyclic) bond motifs is 3. The van der Waals surface area contributed by atoms with Gasteiger partial charge in [-0.15, -0.1) is 11.3 Å². The van der Waals surface area contributed by atoms with Gasteiger partial charge in [-0.25, -0.2) is 9.78 Å². The second kappa shape index (κ2) is 14.3. The zero-order chi connectivity index (χ0) is 34.9. The van der Waals surface area contributed by atoms with Crippen molar-refractivity contribution in [2.75, 3.05) is 38.1 Å². The second-order valence-corrected chi connectivity index (χ2v) is 14.5. The number of piperidine rings is 2. The van der Waals surface area contributed by atoms with Gasteiger partial charge in [0.05, 0.1) is 6.61 Å². The summed E-state index contributed by atoms with van der Waals surface area (Å²) in [6.45, 7) is 8.11. The summed E-state index contributed by atoms with van der Waals surface area (Å²) in [4.78, 5) is 50.6. The first-order chi connectivity index (χ1) is 24.2. The Bertz CT molecular complexity index is 1940. The van der Waals surface area contributed by atoms with E-state index in [2.05, 4.69) is 21.3 Å². The van der Waals surface area contributed by atoms with Gasteiger partial charge in [0.1, 0.15) is 11.4 Å². The maximum Gasteiger partial charge on any atom is 0.355 e. The van der Waals surface area contributed by atoms with Crippen molar-refractivity contribution in [3.05, 3.63) is 87.0 Å². The quantitative estimate of drug-likeness (QED) is 0.199. The lowest BCUT2D eigenvalue weighted by Crippen LogP contribution is -2.48. The number of nitrogens with zero attached hydrogens (tertiary/aromatic N) is 3. The molecule has 10 nitrogen and oxygen atoms in total. The number of hydrogen-bond acceptors (Lipinski definition) is 8. The van der Waals surface area contributed by atoms with Gasteiger partial charge in [0.15, 0.2) is 5.69 Å². The number of aromatic carboxylic acids is 1. The van der Waals surface area contributed by atoms with E-state index in [1.807, 2.05) is 31.4 Å².